The third kappa shape index (κ3) is 5.64. The molecule has 0 bridgehead atoms. The molecule has 0 unspecified atom stereocenters. The van der Waals surface area contributed by atoms with E-state index in [1.807, 2.05) is 0 Å². The van der Waals surface area contributed by atoms with Gasteiger partial charge < -0.3 is 16.0 Å². The minimum Gasteiger partial charge on any atom is -0.340 e. The molecule has 0 saturated carbocycles. The van der Waals surface area contributed by atoms with Crippen molar-refractivity contribution in [1.82, 2.24) is 19.7 Å². The maximum absolute atomic E-state index is 12.8. The normalized spacial score (nSPS) is 11.2. The summed E-state index contributed by atoms with van der Waals surface area (Å²) in [5.41, 5.74) is 0.364. The number of halogens is 3. The van der Waals surface area contributed by atoms with E-state index in [0.717, 1.165) is 12.1 Å². The summed E-state index contributed by atoms with van der Waals surface area (Å²) < 4.78 is 40.1. The third-order valence-corrected chi connectivity index (χ3v) is 4.43. The summed E-state index contributed by atoms with van der Waals surface area (Å²) in [6, 6.07) is 14.0. The maximum atomic E-state index is 12.8. The van der Waals surface area contributed by atoms with Crippen molar-refractivity contribution in [3.8, 4) is 5.82 Å². The fourth-order valence-corrected chi connectivity index (χ4v) is 2.99. The average Bonchev–Trinajstić information content (AvgIpc) is 3.29. The molecule has 0 spiro atoms. The molecule has 0 aliphatic heterocycles. The Morgan fingerprint density at radius 2 is 1.64 bits per heavy atom. The molecule has 168 valence electrons. The third-order valence-electron chi connectivity index (χ3n) is 4.43. The van der Waals surface area contributed by atoms with Gasteiger partial charge in [0.05, 0.1) is 5.56 Å². The molecule has 2 aromatic carbocycles. The number of aryl methyl sites for hydroxylation is 1. The number of alkyl halides is 3. The monoisotopic (exact) mass is 453 g/mol. The maximum Gasteiger partial charge on any atom is 0.416 e. The van der Waals surface area contributed by atoms with Crippen LogP contribution < -0.4 is 16.0 Å². The number of amides is 2. The second-order valence-corrected chi connectivity index (χ2v) is 6.97. The average molecular weight is 453 g/mol. The first kappa shape index (κ1) is 21.8. The molecule has 0 saturated heterocycles. The molecule has 2 heterocycles. The van der Waals surface area contributed by atoms with Crippen molar-refractivity contribution in [3.63, 3.8) is 0 Å². The lowest BCUT2D eigenvalue weighted by atomic mass is 10.2. The zero-order chi connectivity index (χ0) is 23.4. The summed E-state index contributed by atoms with van der Waals surface area (Å²) in [6.45, 7) is 1.77. The number of aromatic nitrogens is 4. The van der Waals surface area contributed by atoms with Gasteiger partial charge in [0.1, 0.15) is 11.6 Å². The molecule has 0 radical (unpaired) electrons. The number of benzene rings is 2. The van der Waals surface area contributed by atoms with Crippen LogP contribution in [0.3, 0.4) is 0 Å². The molecule has 0 fully saturated rings. The van der Waals surface area contributed by atoms with Gasteiger partial charge in [0, 0.05) is 35.5 Å². The van der Waals surface area contributed by atoms with Crippen LogP contribution in [-0.2, 0) is 6.18 Å². The van der Waals surface area contributed by atoms with E-state index in [2.05, 4.69) is 31.0 Å². The summed E-state index contributed by atoms with van der Waals surface area (Å²) in [4.78, 5) is 20.9. The first-order chi connectivity index (χ1) is 15.8. The van der Waals surface area contributed by atoms with Crippen molar-refractivity contribution in [3.05, 3.63) is 84.4 Å². The van der Waals surface area contributed by atoms with Crippen molar-refractivity contribution in [2.24, 2.45) is 0 Å². The van der Waals surface area contributed by atoms with Gasteiger partial charge in [0.25, 0.3) is 0 Å². The van der Waals surface area contributed by atoms with Gasteiger partial charge >= 0.3 is 12.2 Å². The van der Waals surface area contributed by atoms with E-state index in [0.29, 0.717) is 28.8 Å². The van der Waals surface area contributed by atoms with Crippen molar-refractivity contribution < 1.29 is 18.0 Å². The Morgan fingerprint density at radius 1 is 0.909 bits per heavy atom. The largest absolute Gasteiger partial charge is 0.416 e. The SMILES string of the molecule is Cc1nc(Nc2ccc(NC(=O)Nc3cccc(C(F)(F)F)c3)cc2)cc(-n2cccn2)n1. The number of carbonyl (C=O) groups excluding carboxylic acids is 1. The Labute approximate surface area is 186 Å². The molecule has 4 aromatic rings. The van der Waals surface area contributed by atoms with Crippen LogP contribution in [-0.4, -0.2) is 25.8 Å². The highest BCUT2D eigenvalue weighted by molar-refractivity contribution is 5.99. The Morgan fingerprint density at radius 3 is 2.33 bits per heavy atom. The summed E-state index contributed by atoms with van der Waals surface area (Å²) >= 11 is 0. The van der Waals surface area contributed by atoms with Crippen LogP contribution in [0.25, 0.3) is 5.82 Å². The first-order valence-corrected chi connectivity index (χ1v) is 9.74. The molecule has 0 atom stereocenters. The Balaban J connectivity index is 1.39. The van der Waals surface area contributed by atoms with Gasteiger partial charge in [-0.05, 0) is 55.5 Å². The topological polar surface area (TPSA) is 96.8 Å². The van der Waals surface area contributed by atoms with Crippen LogP contribution in [0.1, 0.15) is 11.4 Å². The van der Waals surface area contributed by atoms with E-state index >= 15 is 0 Å². The van der Waals surface area contributed by atoms with E-state index in [-0.39, 0.29) is 5.69 Å². The minimum absolute atomic E-state index is 0.0349. The first-order valence-electron chi connectivity index (χ1n) is 9.74. The fourth-order valence-electron chi connectivity index (χ4n) is 2.99. The second-order valence-electron chi connectivity index (χ2n) is 6.97. The fraction of sp³-hybridized carbons (Fsp3) is 0.0909. The molecule has 11 heteroatoms. The second kappa shape index (κ2) is 8.99. The smallest absolute Gasteiger partial charge is 0.340 e. The van der Waals surface area contributed by atoms with Crippen molar-refractivity contribution in [2.45, 2.75) is 13.1 Å². The molecular formula is C22H18F3N7O. The zero-order valence-electron chi connectivity index (χ0n) is 17.3. The lowest BCUT2D eigenvalue weighted by Gasteiger charge is -2.12. The molecule has 2 amide bonds. The van der Waals surface area contributed by atoms with Gasteiger partial charge in [-0.15, -0.1) is 0 Å². The van der Waals surface area contributed by atoms with Gasteiger partial charge in [-0.1, -0.05) is 6.07 Å². The van der Waals surface area contributed by atoms with Gasteiger partial charge in [0.15, 0.2) is 5.82 Å². The molecule has 2 aromatic heterocycles. The van der Waals surface area contributed by atoms with Crippen molar-refractivity contribution in [2.75, 3.05) is 16.0 Å². The molecule has 33 heavy (non-hydrogen) atoms. The van der Waals surface area contributed by atoms with E-state index in [9.17, 15) is 18.0 Å². The summed E-state index contributed by atoms with van der Waals surface area (Å²) in [6.07, 6.45) is -1.06. The summed E-state index contributed by atoms with van der Waals surface area (Å²) in [7, 11) is 0. The predicted octanol–water partition coefficient (Wildman–Crippen LogP) is 5.38. The highest BCUT2D eigenvalue weighted by Crippen LogP contribution is 2.30. The van der Waals surface area contributed by atoms with E-state index < -0.39 is 17.8 Å². The van der Waals surface area contributed by atoms with Crippen LogP contribution in [0.2, 0.25) is 0 Å². The quantitative estimate of drug-likeness (QED) is 0.377. The highest BCUT2D eigenvalue weighted by atomic mass is 19.4. The van der Waals surface area contributed by atoms with Crippen LogP contribution in [0.4, 0.5) is 40.8 Å². The highest BCUT2D eigenvalue weighted by Gasteiger charge is 2.30. The molecule has 8 nitrogen and oxygen atoms in total. The van der Waals surface area contributed by atoms with Crippen LogP contribution in [0.15, 0.2) is 73.1 Å². The number of urea groups is 1. The lowest BCUT2D eigenvalue weighted by molar-refractivity contribution is -0.137. The van der Waals surface area contributed by atoms with E-state index in [4.69, 9.17) is 0 Å². The number of nitrogens with one attached hydrogen (secondary N) is 3. The van der Waals surface area contributed by atoms with Crippen LogP contribution >= 0.6 is 0 Å². The van der Waals surface area contributed by atoms with Crippen molar-refractivity contribution in [1.29, 1.82) is 0 Å². The van der Waals surface area contributed by atoms with Crippen LogP contribution in [0.5, 0.6) is 0 Å². The standard InChI is InChI=1S/C22H18F3N7O/c1-14-27-19(13-20(28-14)32-11-3-10-26-32)29-16-6-8-17(9-7-16)30-21(33)31-18-5-2-4-15(12-18)22(23,24)25/h2-13H,1H3,(H,27,28,29)(H2,30,31,33). The minimum atomic E-state index is -4.49. The molecule has 0 aliphatic rings. The number of carbonyl (C=O) groups is 1. The van der Waals surface area contributed by atoms with Crippen molar-refractivity contribution >= 4 is 28.9 Å². The number of nitrogens with zero attached hydrogens (tertiary/aromatic N) is 4. The van der Waals surface area contributed by atoms with Gasteiger partial charge in [0.2, 0.25) is 0 Å². The van der Waals surface area contributed by atoms with E-state index in [1.165, 1.54) is 12.1 Å². The number of hydrogen-bond acceptors (Lipinski definition) is 5. The Bertz CT molecular complexity index is 1260. The zero-order valence-corrected chi connectivity index (χ0v) is 17.3. The van der Waals surface area contributed by atoms with Gasteiger partial charge in [-0.25, -0.2) is 19.4 Å². The number of anilines is 4. The predicted molar refractivity (Wildman–Crippen MR) is 118 cm³/mol. The van der Waals surface area contributed by atoms with Gasteiger partial charge in [-0.2, -0.15) is 18.3 Å². The number of rotatable bonds is 5. The molecule has 4 rings (SSSR count). The summed E-state index contributed by atoms with van der Waals surface area (Å²) in [5, 5.41) is 12.3. The number of hydrogen-bond donors (Lipinski definition) is 3. The molecule has 0 aliphatic carbocycles. The van der Waals surface area contributed by atoms with E-state index in [1.54, 1.807) is 60.4 Å². The Kier molecular flexibility index (Phi) is 5.94. The molecule has 3 N–H and O–H groups in total. The van der Waals surface area contributed by atoms with Crippen LogP contribution in [0, 0.1) is 6.92 Å². The summed E-state index contributed by atoms with van der Waals surface area (Å²) in [5.74, 6) is 1.74. The Hall–Kier alpha value is -4.41. The lowest BCUT2D eigenvalue weighted by Crippen LogP contribution is -2.19. The van der Waals surface area contributed by atoms with Gasteiger partial charge in [-0.3, -0.25) is 0 Å². The molecular weight excluding hydrogens is 435 g/mol.